The van der Waals surface area contributed by atoms with Gasteiger partial charge in [0.05, 0.1) is 32.5 Å². The summed E-state index contributed by atoms with van der Waals surface area (Å²) in [6.07, 6.45) is 6.36. The van der Waals surface area contributed by atoms with E-state index in [0.717, 1.165) is 44.6 Å². The van der Waals surface area contributed by atoms with Crippen molar-refractivity contribution in [2.75, 3.05) is 46.4 Å². The Morgan fingerprint density at radius 3 is 2.56 bits per heavy atom. The molecule has 14 heteroatoms. The molecule has 0 fully saturated rings. The zero-order valence-electron chi connectivity index (χ0n) is 30.1. The highest BCUT2D eigenvalue weighted by Crippen LogP contribution is 2.35. The van der Waals surface area contributed by atoms with Gasteiger partial charge in [0.15, 0.2) is 11.5 Å². The number of nitrogens with two attached hydrogens (primary N) is 1. The lowest BCUT2D eigenvalue weighted by molar-refractivity contribution is -0.107. The monoisotopic (exact) mass is 730 g/mol. The molecule has 1 aromatic heterocycles. The molecule has 3 aromatic carbocycles. The molecule has 1 unspecified atom stereocenters. The zero-order chi connectivity index (χ0) is 38.0. The first-order chi connectivity index (χ1) is 25.3. The molecule has 5 N–H and O–H groups in total. The maximum absolute atomic E-state index is 12.7. The Balaban J connectivity index is 0.00000176. The highest BCUT2D eigenvalue weighted by atomic mass is 32.1. The van der Waals surface area contributed by atoms with Crippen molar-refractivity contribution in [2.24, 2.45) is 10.7 Å². The summed E-state index contributed by atoms with van der Waals surface area (Å²) in [5, 5.41) is 9.71. The van der Waals surface area contributed by atoms with Crippen LogP contribution < -0.4 is 36.1 Å². The predicted molar refractivity (Wildman–Crippen MR) is 206 cm³/mol. The second-order valence-electron chi connectivity index (χ2n) is 11.1. The average molecular weight is 731 g/mol. The number of para-hydroxylation sites is 1. The second kappa shape index (κ2) is 20.8. The molecule has 0 bridgehead atoms. The maximum Gasteiger partial charge on any atom is 0.348 e. The van der Waals surface area contributed by atoms with Gasteiger partial charge in [-0.2, -0.15) is 0 Å². The molecule has 52 heavy (non-hydrogen) atoms. The van der Waals surface area contributed by atoms with Gasteiger partial charge in [0, 0.05) is 48.0 Å². The van der Waals surface area contributed by atoms with Gasteiger partial charge in [-0.25, -0.2) is 9.59 Å². The molecule has 1 atom stereocenters. The largest absolute Gasteiger partial charge is 0.493 e. The van der Waals surface area contributed by atoms with E-state index in [1.165, 1.54) is 25.5 Å². The van der Waals surface area contributed by atoms with Crippen LogP contribution >= 0.6 is 11.3 Å². The SMILES string of the molecule is C=O.CN.CN/C=C(\CCc1ccc2sc(C(=O)OC)cc2c1)NC(=O)NCCOc1cc(N=CC2Cc3ccccc3N2C=O)c(C)cc1OC. The van der Waals surface area contributed by atoms with Crippen molar-refractivity contribution in [1.82, 2.24) is 16.0 Å². The molecule has 0 spiro atoms. The molecule has 0 saturated carbocycles. The number of fused-ring (bicyclic) bond motifs is 2. The van der Waals surface area contributed by atoms with E-state index in [9.17, 15) is 14.4 Å². The van der Waals surface area contributed by atoms with E-state index in [-0.39, 0.29) is 31.2 Å². The van der Waals surface area contributed by atoms with Gasteiger partial charge in [0.25, 0.3) is 0 Å². The number of urea groups is 1. The molecule has 276 valence electrons. The average Bonchev–Trinajstić information content (AvgIpc) is 3.77. The van der Waals surface area contributed by atoms with Crippen LogP contribution in [0.2, 0.25) is 0 Å². The fourth-order valence-corrected chi connectivity index (χ4v) is 6.48. The van der Waals surface area contributed by atoms with Gasteiger partial charge < -0.3 is 45.6 Å². The fourth-order valence-electron chi connectivity index (χ4n) is 5.51. The molecular formula is C38H46N6O7S. The fraction of sp³-hybridized carbons (Fsp3) is 0.289. The molecule has 2 heterocycles. The minimum atomic E-state index is -0.352. The van der Waals surface area contributed by atoms with Crippen molar-refractivity contribution < 1.29 is 33.4 Å². The number of anilines is 1. The third-order valence-electron chi connectivity index (χ3n) is 7.93. The highest BCUT2D eigenvalue weighted by Gasteiger charge is 2.27. The van der Waals surface area contributed by atoms with Crippen molar-refractivity contribution in [3.05, 3.63) is 94.1 Å². The van der Waals surface area contributed by atoms with Crippen molar-refractivity contribution in [2.45, 2.75) is 32.2 Å². The minimum Gasteiger partial charge on any atom is -0.493 e. The summed E-state index contributed by atoms with van der Waals surface area (Å²) < 4.78 is 17.4. The molecular weight excluding hydrogens is 685 g/mol. The van der Waals surface area contributed by atoms with E-state index in [0.29, 0.717) is 41.3 Å². The Morgan fingerprint density at radius 1 is 1.08 bits per heavy atom. The number of rotatable bonds is 14. The Kier molecular flexibility index (Phi) is 16.3. The number of methoxy groups -OCH3 is 2. The number of benzene rings is 3. The lowest BCUT2D eigenvalue weighted by atomic mass is 10.1. The number of thiophene rings is 1. The lowest BCUT2D eigenvalue weighted by Gasteiger charge is -2.17. The molecule has 13 nitrogen and oxygen atoms in total. The van der Waals surface area contributed by atoms with Crippen molar-refractivity contribution >= 4 is 64.2 Å². The van der Waals surface area contributed by atoms with Gasteiger partial charge in [-0.15, -0.1) is 11.3 Å². The minimum absolute atomic E-state index is 0.179. The standard InChI is InChI=1S/C36H39N5O6S.CH5N.CH2O/c1-23-15-31(45-3)32(19-29(23)39-21-28-17-25-7-5-6-8-30(25)41(28)22-42)47-14-13-38-36(44)40-27(20-37-2)11-9-24-10-12-33-26(16-24)18-34(48-33)35(43)46-4;2*1-2/h5-8,10,12,15-16,18-22,28,37H,9,11,13-14,17H2,1-4H3,(H2,38,40,44);2H2,1H3;1H2/b27-20+,39-21?;;. The van der Waals surface area contributed by atoms with E-state index < -0.39 is 0 Å². The van der Waals surface area contributed by atoms with Crippen molar-refractivity contribution in [3.63, 3.8) is 0 Å². The van der Waals surface area contributed by atoms with Crippen LogP contribution in [0, 0.1) is 6.92 Å². The Morgan fingerprint density at radius 2 is 1.85 bits per heavy atom. The molecule has 1 aliphatic heterocycles. The Bertz CT molecular complexity index is 1880. The third kappa shape index (κ3) is 10.6. The Labute approximate surface area is 307 Å². The zero-order valence-corrected chi connectivity index (χ0v) is 30.9. The number of hydrogen-bond donors (Lipinski definition) is 4. The summed E-state index contributed by atoms with van der Waals surface area (Å²) in [7, 11) is 6.22. The van der Waals surface area contributed by atoms with Gasteiger partial charge in [-0.1, -0.05) is 30.3 Å². The van der Waals surface area contributed by atoms with E-state index in [1.54, 1.807) is 37.5 Å². The van der Waals surface area contributed by atoms with E-state index >= 15 is 0 Å². The summed E-state index contributed by atoms with van der Waals surface area (Å²) in [5.74, 6) is 0.709. The van der Waals surface area contributed by atoms with Crippen LogP contribution in [0.5, 0.6) is 11.5 Å². The summed E-state index contributed by atoms with van der Waals surface area (Å²) in [5.41, 5.74) is 9.90. The number of nitrogens with zero attached hydrogens (tertiary/aromatic N) is 2. The van der Waals surface area contributed by atoms with Crippen LogP contribution in [-0.2, 0) is 27.2 Å². The van der Waals surface area contributed by atoms with Crippen molar-refractivity contribution in [1.29, 1.82) is 0 Å². The van der Waals surface area contributed by atoms with E-state index in [1.807, 2.05) is 62.2 Å². The molecule has 0 saturated heterocycles. The van der Waals surface area contributed by atoms with Crippen LogP contribution in [0.1, 0.15) is 32.8 Å². The number of hydrogen-bond acceptors (Lipinski definition) is 11. The quantitative estimate of drug-likeness (QED) is 0.0599. The number of carbonyl (C=O) groups is 4. The van der Waals surface area contributed by atoms with E-state index in [2.05, 4.69) is 27.8 Å². The highest BCUT2D eigenvalue weighted by molar-refractivity contribution is 7.20. The van der Waals surface area contributed by atoms with Crippen LogP contribution in [0.3, 0.4) is 0 Å². The van der Waals surface area contributed by atoms with Gasteiger partial charge >= 0.3 is 12.0 Å². The molecule has 5 rings (SSSR count). The number of amides is 3. The normalized spacial score (nSPS) is 13.2. The number of aryl methyl sites for hydroxylation is 2. The molecule has 3 amide bonds. The number of carbonyl (C=O) groups excluding carboxylic acids is 4. The van der Waals surface area contributed by atoms with Gasteiger partial charge in [0.1, 0.15) is 18.3 Å². The maximum atomic E-state index is 12.7. The number of nitrogens with one attached hydrogen (secondary N) is 3. The predicted octanol–water partition coefficient (Wildman–Crippen LogP) is 5.06. The Hall–Kier alpha value is -5.73. The molecule has 0 radical (unpaired) electrons. The smallest absolute Gasteiger partial charge is 0.348 e. The second-order valence-corrected chi connectivity index (χ2v) is 12.2. The van der Waals surface area contributed by atoms with Crippen LogP contribution in [0.15, 0.2) is 77.6 Å². The molecule has 1 aliphatic rings. The third-order valence-corrected chi connectivity index (χ3v) is 9.02. The number of aliphatic imine (C=N–C) groups is 1. The van der Waals surface area contributed by atoms with Crippen molar-refractivity contribution in [3.8, 4) is 11.5 Å². The summed E-state index contributed by atoms with van der Waals surface area (Å²) in [6.45, 7) is 4.38. The van der Waals surface area contributed by atoms with Crippen LogP contribution in [0.25, 0.3) is 10.1 Å². The van der Waals surface area contributed by atoms with Crippen LogP contribution in [-0.4, -0.2) is 78.9 Å². The number of esters is 1. The number of ether oxygens (including phenoxy) is 3. The lowest BCUT2D eigenvalue weighted by Crippen LogP contribution is -2.37. The van der Waals surface area contributed by atoms with Gasteiger partial charge in [-0.05, 0) is 73.2 Å². The first kappa shape index (κ1) is 40.7. The first-order valence-corrected chi connectivity index (χ1v) is 17.2. The summed E-state index contributed by atoms with van der Waals surface area (Å²) >= 11 is 1.40. The summed E-state index contributed by atoms with van der Waals surface area (Å²) in [6, 6.07) is 18.9. The van der Waals surface area contributed by atoms with E-state index in [4.69, 9.17) is 24.0 Å². The summed E-state index contributed by atoms with van der Waals surface area (Å²) in [4.78, 5) is 51.4. The van der Waals surface area contributed by atoms with Crippen LogP contribution in [0.4, 0.5) is 16.2 Å². The molecule has 0 aliphatic carbocycles. The topological polar surface area (TPSA) is 174 Å². The van der Waals surface area contributed by atoms with Gasteiger partial charge in [-0.3, -0.25) is 9.79 Å². The molecule has 4 aromatic rings. The van der Waals surface area contributed by atoms with Gasteiger partial charge in [0.2, 0.25) is 6.41 Å². The first-order valence-electron chi connectivity index (χ1n) is 16.4. The number of allylic oxidation sites excluding steroid dienone is 1.